The van der Waals surface area contributed by atoms with E-state index in [9.17, 15) is 21.6 Å². The molecule has 158 valence electrons. The normalized spacial score (nSPS) is 11.8. The van der Waals surface area contributed by atoms with Gasteiger partial charge in [0.1, 0.15) is 17.2 Å². The molecule has 5 nitrogen and oxygen atoms in total. The van der Waals surface area contributed by atoms with E-state index in [1.165, 1.54) is 32.1 Å². The van der Waals surface area contributed by atoms with Crippen molar-refractivity contribution < 1.29 is 26.3 Å². The molecule has 0 atom stereocenters. The first-order valence-corrected chi connectivity index (χ1v) is 10.9. The van der Waals surface area contributed by atoms with Crippen LogP contribution in [0.4, 0.5) is 30.2 Å². The van der Waals surface area contributed by atoms with Gasteiger partial charge in [-0.15, -0.1) is 6.58 Å². The number of benzene rings is 2. The number of anilines is 3. The number of hydrogen-bond donors (Lipinski definition) is 2. The van der Waals surface area contributed by atoms with Crippen LogP contribution in [0.5, 0.6) is 5.75 Å². The SMILES string of the molecule is C=CCC(C)(C)S(=O)(=O)Nc1c(F)cc(OC)c(F)c1Nc1ccc(I)cc1F. The van der Waals surface area contributed by atoms with Crippen molar-refractivity contribution in [1.82, 2.24) is 0 Å². The zero-order valence-corrected chi connectivity index (χ0v) is 18.9. The average molecular weight is 540 g/mol. The summed E-state index contributed by atoms with van der Waals surface area (Å²) in [6, 6.07) is 4.78. The maximum atomic E-state index is 14.9. The number of nitrogens with one attached hydrogen (secondary N) is 2. The van der Waals surface area contributed by atoms with E-state index >= 15 is 0 Å². The third kappa shape index (κ3) is 4.97. The molecule has 0 aliphatic rings. The molecule has 2 N–H and O–H groups in total. The molecule has 0 fully saturated rings. The smallest absolute Gasteiger partial charge is 0.238 e. The molecule has 2 rings (SSSR count). The van der Waals surface area contributed by atoms with Gasteiger partial charge in [0.05, 0.1) is 17.5 Å². The zero-order valence-electron chi connectivity index (χ0n) is 15.9. The van der Waals surface area contributed by atoms with Crippen molar-refractivity contribution in [2.24, 2.45) is 0 Å². The molecule has 0 heterocycles. The predicted molar refractivity (Wildman–Crippen MR) is 117 cm³/mol. The van der Waals surface area contributed by atoms with E-state index in [0.717, 1.165) is 7.11 Å². The van der Waals surface area contributed by atoms with E-state index in [0.29, 0.717) is 9.64 Å². The summed E-state index contributed by atoms with van der Waals surface area (Å²) in [6.45, 7) is 6.35. The highest BCUT2D eigenvalue weighted by atomic mass is 127. The predicted octanol–water partition coefficient (Wildman–Crippen LogP) is 5.56. The summed E-state index contributed by atoms with van der Waals surface area (Å²) in [6.07, 6.45) is 1.47. The Morgan fingerprint density at radius 3 is 2.38 bits per heavy atom. The number of rotatable bonds is 8. The number of sulfonamides is 1. The molecule has 0 unspecified atom stereocenters. The van der Waals surface area contributed by atoms with E-state index in [2.05, 4.69) is 16.6 Å². The summed E-state index contributed by atoms with van der Waals surface area (Å²) in [5.74, 6) is -3.36. The van der Waals surface area contributed by atoms with E-state index in [1.807, 2.05) is 22.6 Å². The van der Waals surface area contributed by atoms with Gasteiger partial charge >= 0.3 is 0 Å². The fourth-order valence-corrected chi connectivity index (χ4v) is 3.96. The molecule has 0 amide bonds. The number of methoxy groups -OCH3 is 1. The van der Waals surface area contributed by atoms with Crippen molar-refractivity contribution in [3.8, 4) is 5.75 Å². The summed E-state index contributed by atoms with van der Waals surface area (Å²) in [7, 11) is -3.04. The molecular weight excluding hydrogens is 520 g/mol. The van der Waals surface area contributed by atoms with Crippen molar-refractivity contribution in [3.63, 3.8) is 0 Å². The second-order valence-corrected chi connectivity index (χ2v) is 10.3. The highest BCUT2D eigenvalue weighted by Crippen LogP contribution is 2.39. The number of ether oxygens (including phenoxy) is 1. The minimum atomic E-state index is -4.17. The Morgan fingerprint density at radius 1 is 1.17 bits per heavy atom. The molecule has 0 aliphatic carbocycles. The molecule has 0 saturated carbocycles. The van der Waals surface area contributed by atoms with Crippen LogP contribution in [0.25, 0.3) is 0 Å². The summed E-state index contributed by atoms with van der Waals surface area (Å²) in [5, 5.41) is 2.44. The third-order valence-corrected chi connectivity index (χ3v) is 6.96. The van der Waals surface area contributed by atoms with Crippen LogP contribution in [-0.4, -0.2) is 20.3 Å². The Hall–Kier alpha value is -1.95. The average Bonchev–Trinajstić information content (AvgIpc) is 2.62. The van der Waals surface area contributed by atoms with Gasteiger partial charge < -0.3 is 10.1 Å². The number of halogens is 4. The van der Waals surface area contributed by atoms with Crippen LogP contribution in [0.3, 0.4) is 0 Å². The van der Waals surface area contributed by atoms with Gasteiger partial charge in [-0.3, -0.25) is 4.72 Å². The largest absolute Gasteiger partial charge is 0.493 e. The van der Waals surface area contributed by atoms with Crippen LogP contribution in [0.2, 0.25) is 0 Å². The van der Waals surface area contributed by atoms with Gasteiger partial charge in [-0.05, 0) is 61.1 Å². The Labute approximate surface area is 181 Å². The monoisotopic (exact) mass is 540 g/mol. The van der Waals surface area contributed by atoms with Crippen LogP contribution >= 0.6 is 22.6 Å². The summed E-state index contributed by atoms with van der Waals surface area (Å²) in [5.41, 5.74) is -1.44. The summed E-state index contributed by atoms with van der Waals surface area (Å²) >= 11 is 1.90. The standard InChI is InChI=1S/C19H20F3IN2O3S/c1-5-8-19(2,3)29(26,27)25-17-13(21)10-15(28-4)16(22)18(17)24-14-7-6-11(23)9-12(14)20/h5-7,9-10,24-25H,1,8H2,2-4H3. The minimum absolute atomic E-state index is 0.0666. The van der Waals surface area contributed by atoms with E-state index in [4.69, 9.17) is 4.74 Å². The molecule has 0 aliphatic heterocycles. The van der Waals surface area contributed by atoms with E-state index in [-0.39, 0.29) is 12.1 Å². The molecule has 10 heteroatoms. The van der Waals surface area contributed by atoms with Crippen LogP contribution < -0.4 is 14.8 Å². The van der Waals surface area contributed by atoms with Gasteiger partial charge in [0.2, 0.25) is 10.0 Å². The Bertz CT molecular complexity index is 1040. The van der Waals surface area contributed by atoms with Crippen molar-refractivity contribution >= 4 is 49.7 Å². The summed E-state index contributed by atoms with van der Waals surface area (Å²) in [4.78, 5) is 0. The molecule has 2 aromatic rings. The molecule has 29 heavy (non-hydrogen) atoms. The molecule has 0 aromatic heterocycles. The van der Waals surface area contributed by atoms with Crippen molar-refractivity contribution in [2.45, 2.75) is 25.0 Å². The topological polar surface area (TPSA) is 67.4 Å². The molecule has 0 saturated heterocycles. The fraction of sp³-hybridized carbons (Fsp3) is 0.263. The molecule has 0 spiro atoms. The first-order valence-electron chi connectivity index (χ1n) is 8.35. The van der Waals surface area contributed by atoms with E-state index in [1.54, 1.807) is 6.07 Å². The lowest BCUT2D eigenvalue weighted by Crippen LogP contribution is -2.36. The Kier molecular flexibility index (Phi) is 7.10. The lowest BCUT2D eigenvalue weighted by Gasteiger charge is -2.26. The minimum Gasteiger partial charge on any atom is -0.493 e. The number of allylic oxidation sites excluding steroid dienone is 1. The van der Waals surface area contributed by atoms with Gasteiger partial charge in [-0.25, -0.2) is 21.6 Å². The zero-order chi connectivity index (χ0) is 22.0. The first-order chi connectivity index (χ1) is 13.4. The van der Waals surface area contributed by atoms with Crippen LogP contribution in [0, 0.1) is 21.0 Å². The quantitative estimate of drug-likeness (QED) is 0.340. The lowest BCUT2D eigenvalue weighted by molar-refractivity contribution is 0.384. The first kappa shape index (κ1) is 23.3. The molecular formula is C19H20F3IN2O3S. The van der Waals surface area contributed by atoms with Gasteiger partial charge in [0.15, 0.2) is 17.4 Å². The van der Waals surface area contributed by atoms with Crippen LogP contribution in [0.1, 0.15) is 20.3 Å². The van der Waals surface area contributed by atoms with Crippen LogP contribution in [0.15, 0.2) is 36.9 Å². The van der Waals surface area contributed by atoms with Gasteiger partial charge in [0, 0.05) is 9.64 Å². The van der Waals surface area contributed by atoms with Gasteiger partial charge in [0.25, 0.3) is 0 Å². The molecule has 0 bridgehead atoms. The van der Waals surface area contributed by atoms with Crippen molar-refractivity contribution in [2.75, 3.05) is 17.1 Å². The molecule has 0 radical (unpaired) electrons. The maximum absolute atomic E-state index is 14.9. The highest BCUT2D eigenvalue weighted by molar-refractivity contribution is 14.1. The van der Waals surface area contributed by atoms with Crippen LogP contribution in [-0.2, 0) is 10.0 Å². The number of hydrogen-bond acceptors (Lipinski definition) is 4. The van der Waals surface area contributed by atoms with Gasteiger partial charge in [-0.1, -0.05) is 6.08 Å². The second-order valence-electron chi connectivity index (χ2n) is 6.73. The second kappa shape index (κ2) is 8.82. The van der Waals surface area contributed by atoms with Gasteiger partial charge in [-0.2, -0.15) is 0 Å². The van der Waals surface area contributed by atoms with Crippen molar-refractivity contribution in [3.05, 3.63) is 57.9 Å². The lowest BCUT2D eigenvalue weighted by atomic mass is 10.1. The molecule has 2 aromatic carbocycles. The van der Waals surface area contributed by atoms with Crippen molar-refractivity contribution in [1.29, 1.82) is 0 Å². The fourth-order valence-electron chi connectivity index (χ4n) is 2.42. The Balaban J connectivity index is 2.63. The third-order valence-electron chi connectivity index (χ3n) is 4.19. The van der Waals surface area contributed by atoms with E-state index < -0.39 is 49.3 Å². The maximum Gasteiger partial charge on any atom is 0.238 e. The summed E-state index contributed by atoms with van der Waals surface area (Å²) < 4.78 is 75.5. The highest BCUT2D eigenvalue weighted by Gasteiger charge is 2.35. The Morgan fingerprint density at radius 2 is 1.83 bits per heavy atom.